The molecule has 2 aliphatic heterocycles. The topological polar surface area (TPSA) is 58.6 Å². The minimum Gasteiger partial charge on any atom is -0.372 e. The minimum absolute atomic E-state index is 0.0900. The van der Waals surface area contributed by atoms with E-state index < -0.39 is 10.0 Å². The predicted molar refractivity (Wildman–Crippen MR) is 78.6 cm³/mol. The van der Waals surface area contributed by atoms with Crippen molar-refractivity contribution < 1.29 is 13.2 Å². The Bertz CT molecular complexity index is 558. The molecular formula is C13H20N2O3S2. The van der Waals surface area contributed by atoms with Crippen molar-refractivity contribution in [2.75, 3.05) is 26.7 Å². The molecule has 5 nitrogen and oxygen atoms in total. The largest absolute Gasteiger partial charge is 0.372 e. The van der Waals surface area contributed by atoms with Gasteiger partial charge in [0, 0.05) is 18.0 Å². The van der Waals surface area contributed by atoms with Gasteiger partial charge < -0.3 is 10.1 Å². The van der Waals surface area contributed by atoms with Crippen LogP contribution in [-0.4, -0.2) is 51.6 Å². The monoisotopic (exact) mass is 316 g/mol. The molecule has 2 bridgehead atoms. The highest BCUT2D eigenvalue weighted by Crippen LogP contribution is 2.32. The van der Waals surface area contributed by atoms with Gasteiger partial charge in [-0.2, -0.15) is 4.31 Å². The molecule has 20 heavy (non-hydrogen) atoms. The molecule has 2 saturated heterocycles. The van der Waals surface area contributed by atoms with Gasteiger partial charge in [0.15, 0.2) is 0 Å². The van der Waals surface area contributed by atoms with Crippen molar-refractivity contribution in [2.45, 2.75) is 35.7 Å². The zero-order valence-electron chi connectivity index (χ0n) is 11.5. The number of morpholine rings is 1. The average molecular weight is 316 g/mol. The van der Waals surface area contributed by atoms with Gasteiger partial charge in [-0.15, -0.1) is 11.3 Å². The Morgan fingerprint density at radius 1 is 1.35 bits per heavy atom. The lowest BCUT2D eigenvalue weighted by Gasteiger charge is -2.30. The standard InChI is InChI=1S/C13H20N2O3S2/c1-14-7-6-12-4-5-13(19-12)20(16,17)15-8-10-2-3-11(9-15)18-10/h4-5,10-11,14H,2-3,6-9H2,1H3. The fourth-order valence-electron chi connectivity index (χ4n) is 2.78. The lowest BCUT2D eigenvalue weighted by Crippen LogP contribution is -2.45. The van der Waals surface area contributed by atoms with Gasteiger partial charge in [0.25, 0.3) is 10.0 Å². The quantitative estimate of drug-likeness (QED) is 0.882. The lowest BCUT2D eigenvalue weighted by atomic mass is 10.2. The van der Waals surface area contributed by atoms with Crippen LogP contribution in [0.2, 0.25) is 0 Å². The number of nitrogens with one attached hydrogen (secondary N) is 1. The molecule has 0 aliphatic carbocycles. The van der Waals surface area contributed by atoms with Gasteiger partial charge in [0.2, 0.25) is 0 Å². The maximum atomic E-state index is 12.7. The first-order valence-electron chi connectivity index (χ1n) is 6.98. The summed E-state index contributed by atoms with van der Waals surface area (Å²) in [5.41, 5.74) is 0. The molecule has 1 aromatic heterocycles. The van der Waals surface area contributed by atoms with Crippen molar-refractivity contribution in [3.05, 3.63) is 17.0 Å². The molecule has 1 N–H and O–H groups in total. The fraction of sp³-hybridized carbons (Fsp3) is 0.692. The highest BCUT2D eigenvalue weighted by atomic mass is 32.2. The SMILES string of the molecule is CNCCc1ccc(S(=O)(=O)N2CC3CCC(C2)O3)s1. The molecule has 0 radical (unpaired) electrons. The summed E-state index contributed by atoms with van der Waals surface area (Å²) in [6.45, 7) is 1.87. The number of hydrogen-bond acceptors (Lipinski definition) is 5. The van der Waals surface area contributed by atoms with Gasteiger partial charge in [0.05, 0.1) is 12.2 Å². The van der Waals surface area contributed by atoms with Gasteiger partial charge in [-0.05, 0) is 45.0 Å². The molecule has 2 atom stereocenters. The third kappa shape index (κ3) is 2.78. The Balaban J connectivity index is 1.76. The van der Waals surface area contributed by atoms with Gasteiger partial charge in [-0.25, -0.2) is 8.42 Å². The van der Waals surface area contributed by atoms with Crippen molar-refractivity contribution in [3.63, 3.8) is 0 Å². The summed E-state index contributed by atoms with van der Waals surface area (Å²) in [5.74, 6) is 0. The predicted octanol–water partition coefficient (Wildman–Crippen LogP) is 1.06. The summed E-state index contributed by atoms with van der Waals surface area (Å²) in [7, 11) is -1.44. The second-order valence-electron chi connectivity index (χ2n) is 5.35. The molecule has 3 heterocycles. The highest BCUT2D eigenvalue weighted by Gasteiger charge is 2.39. The van der Waals surface area contributed by atoms with E-state index in [-0.39, 0.29) is 12.2 Å². The molecule has 7 heteroatoms. The number of thiophene rings is 1. The van der Waals surface area contributed by atoms with Crippen LogP contribution in [0.5, 0.6) is 0 Å². The summed E-state index contributed by atoms with van der Waals surface area (Å²) in [5, 5.41) is 3.08. The number of sulfonamides is 1. The van der Waals surface area contributed by atoms with E-state index in [1.165, 1.54) is 11.3 Å². The Kier molecular flexibility index (Phi) is 4.14. The van der Waals surface area contributed by atoms with Crippen LogP contribution in [0.25, 0.3) is 0 Å². The van der Waals surface area contributed by atoms with E-state index in [2.05, 4.69) is 5.32 Å². The maximum absolute atomic E-state index is 12.7. The van der Waals surface area contributed by atoms with Crippen molar-refractivity contribution in [1.29, 1.82) is 0 Å². The summed E-state index contributed by atoms with van der Waals surface area (Å²) in [6, 6.07) is 3.66. The second-order valence-corrected chi connectivity index (χ2v) is 8.69. The van der Waals surface area contributed by atoms with E-state index in [0.29, 0.717) is 17.3 Å². The fourth-order valence-corrected chi connectivity index (χ4v) is 5.79. The van der Waals surface area contributed by atoms with E-state index in [4.69, 9.17) is 4.74 Å². The zero-order valence-corrected chi connectivity index (χ0v) is 13.2. The molecule has 1 aromatic rings. The Hall–Kier alpha value is -0.470. The van der Waals surface area contributed by atoms with Crippen LogP contribution >= 0.6 is 11.3 Å². The van der Waals surface area contributed by atoms with Crippen LogP contribution in [0.1, 0.15) is 17.7 Å². The molecule has 112 valence electrons. The molecule has 2 unspecified atom stereocenters. The molecule has 0 spiro atoms. The van der Waals surface area contributed by atoms with Crippen LogP contribution < -0.4 is 5.32 Å². The van der Waals surface area contributed by atoms with E-state index in [1.807, 2.05) is 13.1 Å². The Morgan fingerprint density at radius 2 is 2.05 bits per heavy atom. The van der Waals surface area contributed by atoms with E-state index in [0.717, 1.165) is 30.7 Å². The number of likely N-dealkylation sites (N-methyl/N-ethyl adjacent to an activating group) is 1. The summed E-state index contributed by atoms with van der Waals surface area (Å²) in [4.78, 5) is 1.11. The highest BCUT2D eigenvalue weighted by molar-refractivity contribution is 7.91. The summed E-state index contributed by atoms with van der Waals surface area (Å²) >= 11 is 1.39. The molecular weight excluding hydrogens is 296 g/mol. The van der Waals surface area contributed by atoms with Crippen LogP contribution in [0.3, 0.4) is 0 Å². The lowest BCUT2D eigenvalue weighted by molar-refractivity contribution is -0.0114. The van der Waals surface area contributed by atoms with Gasteiger partial charge in [-0.1, -0.05) is 0 Å². The van der Waals surface area contributed by atoms with Gasteiger partial charge in [0.1, 0.15) is 4.21 Å². The number of fused-ring (bicyclic) bond motifs is 2. The molecule has 2 fully saturated rings. The molecule has 0 aromatic carbocycles. The first kappa shape index (κ1) is 14.5. The second kappa shape index (κ2) is 5.73. The van der Waals surface area contributed by atoms with Crippen LogP contribution in [-0.2, 0) is 21.2 Å². The van der Waals surface area contributed by atoms with Crippen molar-refractivity contribution in [3.8, 4) is 0 Å². The Morgan fingerprint density at radius 3 is 2.70 bits per heavy atom. The zero-order chi connectivity index (χ0) is 14.2. The minimum atomic E-state index is -3.34. The van der Waals surface area contributed by atoms with E-state index >= 15 is 0 Å². The number of nitrogens with zero attached hydrogens (tertiary/aromatic N) is 1. The molecule has 2 aliphatic rings. The summed E-state index contributed by atoms with van der Waals surface area (Å²) < 4.78 is 33.1. The van der Waals surface area contributed by atoms with E-state index in [1.54, 1.807) is 10.4 Å². The van der Waals surface area contributed by atoms with Crippen molar-refractivity contribution >= 4 is 21.4 Å². The number of hydrogen-bond donors (Lipinski definition) is 1. The molecule has 0 saturated carbocycles. The van der Waals surface area contributed by atoms with Crippen molar-refractivity contribution in [2.24, 2.45) is 0 Å². The third-order valence-corrected chi connectivity index (χ3v) is 7.31. The van der Waals surface area contributed by atoms with Crippen molar-refractivity contribution in [1.82, 2.24) is 9.62 Å². The first-order chi connectivity index (χ1) is 9.59. The average Bonchev–Trinajstić information content (AvgIpc) is 3.03. The third-order valence-electron chi connectivity index (χ3n) is 3.86. The molecule has 0 amide bonds. The number of rotatable bonds is 5. The van der Waals surface area contributed by atoms with E-state index in [9.17, 15) is 8.42 Å². The van der Waals surface area contributed by atoms with Crippen LogP contribution in [0.4, 0.5) is 0 Å². The smallest absolute Gasteiger partial charge is 0.252 e. The molecule has 3 rings (SSSR count). The Labute approximate surface area is 124 Å². The summed E-state index contributed by atoms with van der Waals surface area (Å²) in [6.07, 6.45) is 3.01. The van der Waals surface area contributed by atoms with Gasteiger partial charge >= 0.3 is 0 Å². The van der Waals surface area contributed by atoms with Crippen LogP contribution in [0.15, 0.2) is 16.3 Å². The van der Waals surface area contributed by atoms with Crippen LogP contribution in [0, 0.1) is 0 Å². The number of ether oxygens (including phenoxy) is 1. The first-order valence-corrected chi connectivity index (χ1v) is 9.24. The van der Waals surface area contributed by atoms with Gasteiger partial charge in [-0.3, -0.25) is 0 Å². The normalized spacial score (nSPS) is 27.1. The maximum Gasteiger partial charge on any atom is 0.252 e.